The van der Waals surface area contributed by atoms with Crippen LogP contribution < -0.4 is 0 Å². The predicted molar refractivity (Wildman–Crippen MR) is 104 cm³/mol. The Hall–Kier alpha value is -3.08. The molecule has 3 heterocycles. The number of nitriles is 1. The minimum Gasteiger partial charge on any atom is -0.273 e. The van der Waals surface area contributed by atoms with Crippen LogP contribution in [0.5, 0.6) is 0 Å². The lowest BCUT2D eigenvalue weighted by molar-refractivity contribution is -0.147. The van der Waals surface area contributed by atoms with Crippen LogP contribution in [0.2, 0.25) is 0 Å². The Bertz CT molecular complexity index is 1000. The topological polar surface area (TPSA) is 100 Å². The molecule has 3 aliphatic carbocycles. The zero-order valence-corrected chi connectivity index (χ0v) is 16.3. The molecule has 4 aliphatic rings. The van der Waals surface area contributed by atoms with Crippen molar-refractivity contribution in [2.45, 2.75) is 45.2 Å². The van der Waals surface area contributed by atoms with Gasteiger partial charge in [0.15, 0.2) is 0 Å². The second-order valence-corrected chi connectivity index (χ2v) is 8.47. The highest BCUT2D eigenvalue weighted by Gasteiger charge is 2.50. The number of hydrogen-bond donors (Lipinski definition) is 0. The Morgan fingerprint density at radius 1 is 1.24 bits per heavy atom. The van der Waals surface area contributed by atoms with E-state index in [1.165, 1.54) is 0 Å². The minimum absolute atomic E-state index is 0.00785. The van der Waals surface area contributed by atoms with Crippen LogP contribution in [-0.2, 0) is 11.3 Å². The summed E-state index contributed by atoms with van der Waals surface area (Å²) in [6.45, 7) is 2.67. The fourth-order valence-electron chi connectivity index (χ4n) is 5.11. The van der Waals surface area contributed by atoms with Crippen molar-refractivity contribution < 1.29 is 4.79 Å². The molecule has 0 aromatic carbocycles. The lowest BCUT2D eigenvalue weighted by Crippen LogP contribution is -2.49. The molecule has 8 nitrogen and oxygen atoms in total. The summed E-state index contributed by atoms with van der Waals surface area (Å²) < 4.78 is 1.85. The molecule has 3 atom stereocenters. The maximum absolute atomic E-state index is 13.5. The Labute approximate surface area is 169 Å². The van der Waals surface area contributed by atoms with E-state index in [0.29, 0.717) is 29.7 Å². The Morgan fingerprint density at radius 3 is 2.86 bits per heavy atom. The van der Waals surface area contributed by atoms with Gasteiger partial charge in [0.2, 0.25) is 5.91 Å². The van der Waals surface area contributed by atoms with Crippen molar-refractivity contribution in [3.05, 3.63) is 41.7 Å². The Kier molecular flexibility index (Phi) is 4.38. The first-order valence-corrected chi connectivity index (χ1v) is 10.2. The van der Waals surface area contributed by atoms with Crippen LogP contribution in [0.4, 0.5) is 0 Å². The van der Waals surface area contributed by atoms with Crippen LogP contribution in [0, 0.1) is 41.9 Å². The van der Waals surface area contributed by atoms with Crippen molar-refractivity contribution in [2.24, 2.45) is 28.8 Å². The number of fused-ring (bicyclic) bond motifs is 2. The van der Waals surface area contributed by atoms with Gasteiger partial charge in [-0.25, -0.2) is 5.01 Å². The fourth-order valence-corrected chi connectivity index (χ4v) is 5.11. The number of hydrogen-bond acceptors (Lipinski definition) is 6. The smallest absolute Gasteiger partial charge is 0.246 e. The molecular formula is C21H23N7O. The van der Waals surface area contributed by atoms with Crippen molar-refractivity contribution in [1.82, 2.24) is 24.8 Å². The molecule has 3 fully saturated rings. The predicted octanol–water partition coefficient (Wildman–Crippen LogP) is 2.47. The van der Waals surface area contributed by atoms with Gasteiger partial charge < -0.3 is 0 Å². The van der Waals surface area contributed by atoms with E-state index < -0.39 is 0 Å². The number of hydrazone groups is 1. The second kappa shape index (κ2) is 7.07. The summed E-state index contributed by atoms with van der Waals surface area (Å²) in [5.41, 5.74) is 2.22. The van der Waals surface area contributed by atoms with Crippen LogP contribution in [0.25, 0.3) is 0 Å². The van der Waals surface area contributed by atoms with Crippen molar-refractivity contribution in [1.29, 1.82) is 5.26 Å². The summed E-state index contributed by atoms with van der Waals surface area (Å²) in [5, 5.41) is 19.4. The van der Waals surface area contributed by atoms with Crippen LogP contribution in [0.15, 0.2) is 29.9 Å². The van der Waals surface area contributed by atoms with E-state index in [9.17, 15) is 4.79 Å². The summed E-state index contributed by atoms with van der Waals surface area (Å²) in [5.74, 6) is 1.62. The highest BCUT2D eigenvalue weighted by Crippen LogP contribution is 2.53. The lowest BCUT2D eigenvalue weighted by Gasteiger charge is -2.51. The molecule has 3 saturated carbocycles. The first-order chi connectivity index (χ1) is 14.1. The largest absolute Gasteiger partial charge is 0.273 e. The quantitative estimate of drug-likeness (QED) is 0.800. The van der Waals surface area contributed by atoms with Gasteiger partial charge in [0.1, 0.15) is 12.1 Å². The van der Waals surface area contributed by atoms with Gasteiger partial charge in [-0.05, 0) is 43.9 Å². The maximum Gasteiger partial charge on any atom is 0.246 e. The molecule has 1 amide bonds. The average Bonchev–Trinajstić information content (AvgIpc) is 3.35. The molecular weight excluding hydrogens is 366 g/mol. The normalized spacial score (nSPS) is 30.1. The van der Waals surface area contributed by atoms with Gasteiger partial charge in [-0.2, -0.15) is 15.5 Å². The molecule has 6 rings (SSSR count). The number of nitrogens with zero attached hydrogens (tertiary/aromatic N) is 7. The molecule has 8 heteroatoms. The van der Waals surface area contributed by atoms with Crippen LogP contribution in [0.1, 0.15) is 48.7 Å². The van der Waals surface area contributed by atoms with Gasteiger partial charge in [0, 0.05) is 37.5 Å². The first kappa shape index (κ1) is 18.0. The molecule has 0 N–H and O–H groups in total. The van der Waals surface area contributed by atoms with Gasteiger partial charge in [0.25, 0.3) is 0 Å². The molecule has 0 saturated heterocycles. The number of aryl methyl sites for hydroxylation is 1. The molecule has 2 aromatic rings. The number of rotatable bonds is 4. The van der Waals surface area contributed by atoms with E-state index in [4.69, 9.17) is 5.26 Å². The highest BCUT2D eigenvalue weighted by atomic mass is 16.2. The zero-order chi connectivity index (χ0) is 20.0. The number of carbonyl (C=O) groups excluding carboxylic acids is 1. The molecule has 2 aromatic heterocycles. The van der Waals surface area contributed by atoms with Crippen molar-refractivity contribution in [3.8, 4) is 6.07 Å². The molecule has 0 spiro atoms. The highest BCUT2D eigenvalue weighted by molar-refractivity contribution is 5.82. The third-order valence-corrected chi connectivity index (χ3v) is 6.68. The molecule has 148 valence electrons. The van der Waals surface area contributed by atoms with E-state index >= 15 is 0 Å². The SMILES string of the molecule is Cc1cncc(C2CC=NN2C(=O)[C@H]2C[C@@H](Cn3cc(C#N)cn3)C3CC2C3)n1. The van der Waals surface area contributed by atoms with Gasteiger partial charge in [-0.15, -0.1) is 0 Å². The lowest BCUT2D eigenvalue weighted by atomic mass is 9.55. The Morgan fingerprint density at radius 2 is 2.10 bits per heavy atom. The minimum atomic E-state index is -0.157. The third-order valence-electron chi connectivity index (χ3n) is 6.68. The number of aromatic nitrogens is 4. The molecule has 1 unspecified atom stereocenters. The van der Waals surface area contributed by atoms with Gasteiger partial charge in [-0.1, -0.05) is 0 Å². The maximum atomic E-state index is 13.5. The van der Waals surface area contributed by atoms with Crippen LogP contribution >= 0.6 is 0 Å². The standard InChI is InChI=1S/C21H23N7O/c1-13-8-23-10-19(26-13)20-2-3-24-28(20)21(29)18-6-17(15-4-16(18)5-15)12-27-11-14(7-22)9-25-27/h3,8-11,15-18,20H,2,4-6,12H2,1H3/t15?,16?,17-,18-,20?/m0/s1. The van der Waals surface area contributed by atoms with E-state index in [1.807, 2.05) is 17.8 Å². The average molecular weight is 389 g/mol. The summed E-state index contributed by atoms with van der Waals surface area (Å²) in [6.07, 6.45) is 12.4. The molecule has 2 bridgehead atoms. The van der Waals surface area contributed by atoms with Crippen molar-refractivity contribution in [3.63, 3.8) is 0 Å². The second-order valence-electron chi connectivity index (χ2n) is 8.47. The van der Waals surface area contributed by atoms with E-state index in [2.05, 4.69) is 26.2 Å². The monoisotopic (exact) mass is 389 g/mol. The number of carbonyl (C=O) groups is 1. The van der Waals surface area contributed by atoms with Gasteiger partial charge >= 0.3 is 0 Å². The molecule has 1 aliphatic heterocycles. The molecule has 0 radical (unpaired) electrons. The molecule has 29 heavy (non-hydrogen) atoms. The van der Waals surface area contributed by atoms with Gasteiger partial charge in [0.05, 0.1) is 29.3 Å². The van der Waals surface area contributed by atoms with E-state index in [1.54, 1.807) is 29.8 Å². The Balaban J connectivity index is 1.31. The number of amides is 1. The van der Waals surface area contributed by atoms with Crippen LogP contribution in [-0.4, -0.2) is 36.9 Å². The summed E-state index contributed by atoms with van der Waals surface area (Å²) >= 11 is 0. The summed E-state index contributed by atoms with van der Waals surface area (Å²) in [4.78, 5) is 22.3. The van der Waals surface area contributed by atoms with E-state index in [-0.39, 0.29) is 17.9 Å². The van der Waals surface area contributed by atoms with E-state index in [0.717, 1.165) is 37.2 Å². The first-order valence-electron chi connectivity index (χ1n) is 10.2. The zero-order valence-electron chi connectivity index (χ0n) is 16.3. The van der Waals surface area contributed by atoms with Crippen LogP contribution in [0.3, 0.4) is 0 Å². The van der Waals surface area contributed by atoms with Crippen molar-refractivity contribution in [2.75, 3.05) is 0 Å². The summed E-state index contributed by atoms with van der Waals surface area (Å²) in [7, 11) is 0. The van der Waals surface area contributed by atoms with Crippen molar-refractivity contribution >= 4 is 12.1 Å². The summed E-state index contributed by atoms with van der Waals surface area (Å²) in [6, 6.07) is 1.97. The van der Waals surface area contributed by atoms with Gasteiger partial charge in [-0.3, -0.25) is 19.4 Å². The fraction of sp³-hybridized carbons (Fsp3) is 0.524. The third kappa shape index (κ3) is 3.20.